The molecule has 0 spiro atoms. The third-order valence-corrected chi connectivity index (χ3v) is 6.66. The van der Waals surface area contributed by atoms with Crippen molar-refractivity contribution in [1.82, 2.24) is 15.1 Å². The molecule has 36 heavy (non-hydrogen) atoms. The number of carbonyl (C=O) groups excluding carboxylic acids is 3. The Bertz CT molecular complexity index is 1040. The van der Waals surface area contributed by atoms with Gasteiger partial charge in [0.15, 0.2) is 5.06 Å². The van der Waals surface area contributed by atoms with Crippen molar-refractivity contribution in [2.45, 2.75) is 56.5 Å². The van der Waals surface area contributed by atoms with Crippen molar-refractivity contribution in [2.75, 3.05) is 20.1 Å². The van der Waals surface area contributed by atoms with Crippen LogP contribution in [-0.2, 0) is 19.1 Å². The van der Waals surface area contributed by atoms with Crippen molar-refractivity contribution in [2.24, 2.45) is 0 Å². The lowest BCUT2D eigenvalue weighted by Crippen LogP contribution is -2.52. The second kappa shape index (κ2) is 11.5. The monoisotopic (exact) mass is 527 g/mol. The number of hydrogen-bond acceptors (Lipinski definition) is 4. The van der Waals surface area contributed by atoms with Crippen LogP contribution in [0.3, 0.4) is 0 Å². The Labute approximate surface area is 212 Å². The molecule has 0 saturated carbocycles. The minimum absolute atomic E-state index is 0.0654. The molecule has 11 heteroatoms. The Balaban J connectivity index is 1.77. The molecular formula is C25H29ClF3N3O4. The van der Waals surface area contributed by atoms with Crippen LogP contribution in [0.25, 0.3) is 5.57 Å². The van der Waals surface area contributed by atoms with Crippen LogP contribution in [-0.4, -0.2) is 65.1 Å². The first-order valence-electron chi connectivity index (χ1n) is 11.6. The van der Waals surface area contributed by atoms with Crippen LogP contribution in [0.5, 0.6) is 0 Å². The summed E-state index contributed by atoms with van der Waals surface area (Å²) in [7, 11) is 1.59. The summed E-state index contributed by atoms with van der Waals surface area (Å²) in [6, 6.07) is 7.53. The van der Waals surface area contributed by atoms with Gasteiger partial charge in [-0.1, -0.05) is 48.0 Å². The molecule has 196 valence electrons. The van der Waals surface area contributed by atoms with Gasteiger partial charge < -0.3 is 15.1 Å². The number of nitrogens with zero attached hydrogens (tertiary/aromatic N) is 2. The summed E-state index contributed by atoms with van der Waals surface area (Å²) in [5, 5.41) is 0.375. The summed E-state index contributed by atoms with van der Waals surface area (Å²) < 4.78 is 44.1. The van der Waals surface area contributed by atoms with Gasteiger partial charge in [-0.05, 0) is 30.9 Å². The van der Waals surface area contributed by atoms with E-state index >= 15 is 0 Å². The fourth-order valence-electron chi connectivity index (χ4n) is 4.31. The molecule has 0 bridgehead atoms. The number of benzene rings is 1. The topological polar surface area (TPSA) is 79.0 Å². The maximum absolute atomic E-state index is 13.3. The van der Waals surface area contributed by atoms with E-state index in [1.165, 1.54) is 28.9 Å². The Morgan fingerprint density at radius 2 is 1.89 bits per heavy atom. The standard InChI is InChI=1S/C25H29ClF3N3O4/c1-17(33)31(2)15-13-22(34)32-14-7-6-10-21(32)23(35)30-19-11-12-20(18-8-4-3-5-9-18)24(26,16-19)36-25(27,28)29/h3-5,8-9,11-12,21H,6-7,10,13-16H2,1-2H3,(H,30,35). The van der Waals surface area contributed by atoms with Gasteiger partial charge in [0.1, 0.15) is 6.04 Å². The molecule has 1 fully saturated rings. The van der Waals surface area contributed by atoms with Crippen molar-refractivity contribution in [3.05, 3.63) is 53.7 Å². The molecule has 1 aromatic rings. The number of halogens is 4. The minimum atomic E-state index is -5.01. The Kier molecular flexibility index (Phi) is 8.84. The van der Waals surface area contributed by atoms with E-state index < -0.39 is 29.8 Å². The van der Waals surface area contributed by atoms with Crippen LogP contribution in [0, 0.1) is 0 Å². The number of likely N-dealkylation sites (tertiary alicyclic amines) is 1. The Hall–Kier alpha value is -2.85. The average molecular weight is 528 g/mol. The van der Waals surface area contributed by atoms with Gasteiger partial charge in [-0.25, -0.2) is 0 Å². The van der Waals surface area contributed by atoms with Crippen molar-refractivity contribution in [3.8, 4) is 0 Å². The lowest BCUT2D eigenvalue weighted by atomic mass is 9.92. The molecule has 1 aliphatic carbocycles. The molecule has 1 N–H and O–H groups in total. The smallest absolute Gasteiger partial charge is 0.345 e. The second-order valence-corrected chi connectivity index (χ2v) is 9.48. The summed E-state index contributed by atoms with van der Waals surface area (Å²) in [6.45, 7) is 2.01. The molecule has 2 unspecified atom stereocenters. The molecule has 2 atom stereocenters. The predicted octanol–water partition coefficient (Wildman–Crippen LogP) is 4.19. The maximum atomic E-state index is 13.3. The Morgan fingerprint density at radius 1 is 1.19 bits per heavy atom. The number of carbonyl (C=O) groups is 3. The van der Waals surface area contributed by atoms with Gasteiger partial charge >= 0.3 is 6.36 Å². The van der Waals surface area contributed by atoms with E-state index in [0.717, 1.165) is 12.8 Å². The van der Waals surface area contributed by atoms with Crippen LogP contribution < -0.4 is 5.32 Å². The highest BCUT2D eigenvalue weighted by Gasteiger charge is 2.47. The molecule has 0 aromatic heterocycles. The summed E-state index contributed by atoms with van der Waals surface area (Å²) in [4.78, 5) is 40.3. The van der Waals surface area contributed by atoms with Crippen LogP contribution in [0.4, 0.5) is 13.2 Å². The molecule has 0 radical (unpaired) electrons. The van der Waals surface area contributed by atoms with E-state index in [0.29, 0.717) is 18.5 Å². The predicted molar refractivity (Wildman–Crippen MR) is 128 cm³/mol. The van der Waals surface area contributed by atoms with Gasteiger partial charge in [0, 0.05) is 51.2 Å². The summed E-state index contributed by atoms with van der Waals surface area (Å²) in [6.07, 6.45) is -0.616. The number of alkyl halides is 4. The van der Waals surface area contributed by atoms with Gasteiger partial charge in [-0.15, -0.1) is 13.2 Å². The van der Waals surface area contributed by atoms with Gasteiger partial charge in [0.25, 0.3) is 0 Å². The molecule has 3 amide bonds. The van der Waals surface area contributed by atoms with E-state index in [-0.39, 0.29) is 36.1 Å². The number of piperidine rings is 1. The number of rotatable bonds is 7. The van der Waals surface area contributed by atoms with Gasteiger partial charge in [-0.2, -0.15) is 0 Å². The molecule has 2 aliphatic rings. The molecule has 1 aromatic carbocycles. The highest BCUT2D eigenvalue weighted by Crippen LogP contribution is 2.45. The number of nitrogens with one attached hydrogen (secondary N) is 1. The molecule has 1 saturated heterocycles. The molecular weight excluding hydrogens is 499 g/mol. The quantitative estimate of drug-likeness (QED) is 0.539. The van der Waals surface area contributed by atoms with E-state index in [2.05, 4.69) is 10.1 Å². The number of allylic oxidation sites excluding steroid dienone is 2. The first kappa shape index (κ1) is 27.7. The van der Waals surface area contributed by atoms with Crippen LogP contribution >= 0.6 is 11.6 Å². The highest BCUT2D eigenvalue weighted by molar-refractivity contribution is 6.29. The number of ether oxygens (including phenoxy) is 1. The zero-order chi connectivity index (χ0) is 26.5. The first-order valence-corrected chi connectivity index (χ1v) is 12.0. The lowest BCUT2D eigenvalue weighted by Gasteiger charge is -2.37. The molecule has 1 heterocycles. The van der Waals surface area contributed by atoms with Crippen LogP contribution in [0.15, 0.2) is 48.2 Å². The fraction of sp³-hybridized carbons (Fsp3) is 0.480. The fourth-order valence-corrected chi connectivity index (χ4v) is 4.71. The summed E-state index contributed by atoms with van der Waals surface area (Å²) in [5.74, 6) is -0.940. The van der Waals surface area contributed by atoms with Crippen molar-refractivity contribution in [3.63, 3.8) is 0 Å². The van der Waals surface area contributed by atoms with E-state index in [4.69, 9.17) is 11.6 Å². The molecule has 1 aliphatic heterocycles. The van der Waals surface area contributed by atoms with Crippen molar-refractivity contribution < 1.29 is 32.3 Å². The molecule has 3 rings (SSSR count). The SMILES string of the molecule is CC(=O)N(C)CCC(=O)N1CCCCC1C(=O)NC1=CC=C(c2ccccc2)C(Cl)(OC(F)(F)F)C1. The zero-order valence-corrected chi connectivity index (χ0v) is 20.9. The average Bonchev–Trinajstić information content (AvgIpc) is 2.81. The van der Waals surface area contributed by atoms with E-state index in [9.17, 15) is 27.6 Å². The van der Waals surface area contributed by atoms with Crippen LogP contribution in [0.1, 0.15) is 44.6 Å². The number of hydrogen-bond donors (Lipinski definition) is 1. The van der Waals surface area contributed by atoms with Gasteiger partial charge in [0.05, 0.1) is 0 Å². The molecule has 7 nitrogen and oxygen atoms in total. The minimum Gasteiger partial charge on any atom is -0.345 e. The normalized spacial score (nSPS) is 22.4. The third kappa shape index (κ3) is 7.10. The van der Waals surface area contributed by atoms with Crippen LogP contribution in [0.2, 0.25) is 0 Å². The van der Waals surface area contributed by atoms with E-state index in [1.807, 2.05) is 0 Å². The second-order valence-electron chi connectivity index (χ2n) is 8.87. The number of amides is 3. The summed E-state index contributed by atoms with van der Waals surface area (Å²) >= 11 is 6.40. The highest BCUT2D eigenvalue weighted by atomic mass is 35.5. The summed E-state index contributed by atoms with van der Waals surface area (Å²) in [5.41, 5.74) is 0.718. The lowest BCUT2D eigenvalue weighted by molar-refractivity contribution is -0.342. The van der Waals surface area contributed by atoms with E-state index in [1.54, 1.807) is 37.4 Å². The maximum Gasteiger partial charge on any atom is 0.524 e. The first-order chi connectivity index (χ1) is 16.9. The third-order valence-electron chi connectivity index (χ3n) is 6.24. The van der Waals surface area contributed by atoms with Gasteiger partial charge in [-0.3, -0.25) is 19.1 Å². The zero-order valence-electron chi connectivity index (χ0n) is 20.1. The van der Waals surface area contributed by atoms with Crippen molar-refractivity contribution >= 4 is 34.9 Å². The largest absolute Gasteiger partial charge is 0.524 e. The van der Waals surface area contributed by atoms with Gasteiger partial charge in [0.2, 0.25) is 17.7 Å². The van der Waals surface area contributed by atoms with Crippen molar-refractivity contribution in [1.29, 1.82) is 0 Å². The Morgan fingerprint density at radius 3 is 2.53 bits per heavy atom.